The topological polar surface area (TPSA) is 41.5 Å². The maximum atomic E-state index is 12.8. The molecule has 0 aliphatic carbocycles. The molecule has 136 valence electrons. The van der Waals surface area contributed by atoms with Crippen LogP contribution in [-0.4, -0.2) is 12.1 Å². The van der Waals surface area contributed by atoms with Gasteiger partial charge in [0.1, 0.15) is 0 Å². The lowest BCUT2D eigenvalue weighted by Crippen LogP contribution is -2.30. The summed E-state index contributed by atoms with van der Waals surface area (Å²) in [4.78, 5) is 12.8. The largest absolute Gasteiger partial charge is 0.273 e. The Morgan fingerprint density at radius 1 is 0.852 bits per heavy atom. The first-order valence-electron chi connectivity index (χ1n) is 8.87. The van der Waals surface area contributed by atoms with Crippen molar-refractivity contribution in [2.45, 2.75) is 12.8 Å². The lowest BCUT2D eigenvalue weighted by atomic mass is 9.92. The van der Waals surface area contributed by atoms with Crippen molar-refractivity contribution < 1.29 is 4.79 Å². The molecule has 0 aromatic heterocycles. The molecule has 0 atom stereocenters. The molecule has 1 amide bonds. The smallest absolute Gasteiger partial charge is 0.243 e. The molecule has 27 heavy (non-hydrogen) atoms. The van der Waals surface area contributed by atoms with Gasteiger partial charge in [0.05, 0.1) is 6.21 Å². The molecule has 0 saturated carbocycles. The average Bonchev–Trinajstić information content (AvgIpc) is 2.70. The van der Waals surface area contributed by atoms with Gasteiger partial charge in [0.25, 0.3) is 0 Å². The number of hydrogen-bond acceptors (Lipinski definition) is 2. The molecule has 4 heteroatoms. The lowest BCUT2D eigenvalue weighted by Gasteiger charge is -2.15. The zero-order valence-corrected chi connectivity index (χ0v) is 16.5. The SMILES string of the molecule is O=C(NN=Cc1ccc(Br)cc1)C(Cc1ccccc1)Cc1ccccc1. The van der Waals surface area contributed by atoms with Crippen LogP contribution in [0.5, 0.6) is 0 Å². The molecule has 3 nitrogen and oxygen atoms in total. The van der Waals surface area contributed by atoms with Crippen molar-refractivity contribution >= 4 is 28.1 Å². The maximum Gasteiger partial charge on any atom is 0.243 e. The minimum Gasteiger partial charge on any atom is -0.273 e. The van der Waals surface area contributed by atoms with Crippen LogP contribution in [0.4, 0.5) is 0 Å². The zero-order valence-electron chi connectivity index (χ0n) is 14.9. The monoisotopic (exact) mass is 420 g/mol. The van der Waals surface area contributed by atoms with Crippen molar-refractivity contribution in [2.75, 3.05) is 0 Å². The van der Waals surface area contributed by atoms with E-state index in [1.807, 2.05) is 60.7 Å². The van der Waals surface area contributed by atoms with Gasteiger partial charge in [0, 0.05) is 10.4 Å². The lowest BCUT2D eigenvalue weighted by molar-refractivity contribution is -0.124. The van der Waals surface area contributed by atoms with Crippen LogP contribution in [0.1, 0.15) is 16.7 Å². The summed E-state index contributed by atoms with van der Waals surface area (Å²) in [6.45, 7) is 0. The van der Waals surface area contributed by atoms with E-state index in [2.05, 4.69) is 50.7 Å². The maximum absolute atomic E-state index is 12.8. The molecule has 3 rings (SSSR count). The van der Waals surface area contributed by atoms with Crippen LogP contribution in [-0.2, 0) is 17.6 Å². The van der Waals surface area contributed by atoms with Crippen LogP contribution < -0.4 is 5.43 Å². The molecule has 0 radical (unpaired) electrons. The predicted molar refractivity (Wildman–Crippen MR) is 114 cm³/mol. The van der Waals surface area contributed by atoms with Crippen molar-refractivity contribution in [1.29, 1.82) is 0 Å². The van der Waals surface area contributed by atoms with Gasteiger partial charge in [-0.2, -0.15) is 5.10 Å². The molecule has 0 spiro atoms. The Hall–Kier alpha value is -2.72. The molecule has 0 aliphatic rings. The van der Waals surface area contributed by atoms with Crippen LogP contribution in [0.25, 0.3) is 0 Å². The van der Waals surface area contributed by atoms with E-state index in [1.165, 1.54) is 0 Å². The molecular weight excluding hydrogens is 400 g/mol. The van der Waals surface area contributed by atoms with Crippen molar-refractivity contribution in [3.05, 3.63) is 106 Å². The first kappa shape index (κ1) is 19.1. The van der Waals surface area contributed by atoms with E-state index in [0.29, 0.717) is 12.8 Å². The Morgan fingerprint density at radius 2 is 1.37 bits per heavy atom. The van der Waals surface area contributed by atoms with Crippen molar-refractivity contribution in [3.63, 3.8) is 0 Å². The Kier molecular flexibility index (Phi) is 6.94. The van der Waals surface area contributed by atoms with Crippen molar-refractivity contribution in [1.82, 2.24) is 5.43 Å². The fraction of sp³-hybridized carbons (Fsp3) is 0.130. The molecule has 3 aromatic carbocycles. The highest BCUT2D eigenvalue weighted by Gasteiger charge is 2.19. The molecule has 0 fully saturated rings. The van der Waals surface area contributed by atoms with Crippen molar-refractivity contribution in [3.8, 4) is 0 Å². The standard InChI is InChI=1S/C23H21BrN2O/c24-22-13-11-20(12-14-22)17-25-26-23(27)21(15-18-7-3-1-4-8-18)16-19-9-5-2-6-10-19/h1-14,17,21H,15-16H2,(H,26,27). The van der Waals surface area contributed by atoms with Gasteiger partial charge in [-0.15, -0.1) is 0 Å². The van der Waals surface area contributed by atoms with Gasteiger partial charge in [-0.25, -0.2) is 5.43 Å². The Labute approximate surface area is 168 Å². The van der Waals surface area contributed by atoms with Crippen LogP contribution in [0.2, 0.25) is 0 Å². The van der Waals surface area contributed by atoms with Gasteiger partial charge in [-0.05, 0) is 41.7 Å². The molecule has 1 N–H and O–H groups in total. The van der Waals surface area contributed by atoms with Crippen LogP contribution >= 0.6 is 15.9 Å². The van der Waals surface area contributed by atoms with Gasteiger partial charge in [-0.3, -0.25) is 4.79 Å². The average molecular weight is 421 g/mol. The van der Waals surface area contributed by atoms with Crippen molar-refractivity contribution in [2.24, 2.45) is 11.0 Å². The number of halogens is 1. The summed E-state index contributed by atoms with van der Waals surface area (Å²) in [6, 6.07) is 27.9. The summed E-state index contributed by atoms with van der Waals surface area (Å²) in [5.41, 5.74) is 5.92. The van der Waals surface area contributed by atoms with Gasteiger partial charge >= 0.3 is 0 Å². The number of carbonyl (C=O) groups is 1. The summed E-state index contributed by atoms with van der Waals surface area (Å²) in [6.07, 6.45) is 3.01. The Bertz CT molecular complexity index is 836. The second-order valence-corrected chi connectivity index (χ2v) is 7.28. The van der Waals surface area contributed by atoms with E-state index in [-0.39, 0.29) is 11.8 Å². The quantitative estimate of drug-likeness (QED) is 0.423. The second-order valence-electron chi connectivity index (χ2n) is 6.36. The Balaban J connectivity index is 1.68. The van der Waals surface area contributed by atoms with E-state index < -0.39 is 0 Å². The van der Waals surface area contributed by atoms with E-state index in [9.17, 15) is 4.79 Å². The highest BCUT2D eigenvalue weighted by atomic mass is 79.9. The van der Waals surface area contributed by atoms with E-state index in [0.717, 1.165) is 21.2 Å². The molecule has 0 heterocycles. The number of nitrogens with zero attached hydrogens (tertiary/aromatic N) is 1. The fourth-order valence-electron chi connectivity index (χ4n) is 2.87. The molecule has 0 bridgehead atoms. The molecule has 0 saturated heterocycles. The highest BCUT2D eigenvalue weighted by Crippen LogP contribution is 2.15. The van der Waals surface area contributed by atoms with Crippen LogP contribution in [0.15, 0.2) is 94.5 Å². The number of carbonyl (C=O) groups excluding carboxylic acids is 1. The van der Waals surface area contributed by atoms with Gasteiger partial charge in [-0.1, -0.05) is 88.7 Å². The van der Waals surface area contributed by atoms with E-state index in [1.54, 1.807) is 6.21 Å². The first-order valence-corrected chi connectivity index (χ1v) is 9.66. The van der Waals surface area contributed by atoms with E-state index in [4.69, 9.17) is 0 Å². The minimum absolute atomic E-state index is 0.0731. The summed E-state index contributed by atoms with van der Waals surface area (Å²) in [5, 5.41) is 4.14. The fourth-order valence-corrected chi connectivity index (χ4v) is 3.13. The minimum atomic E-state index is -0.183. The van der Waals surface area contributed by atoms with Crippen LogP contribution in [0, 0.1) is 5.92 Å². The molecule has 3 aromatic rings. The summed E-state index contributed by atoms with van der Waals surface area (Å²) < 4.78 is 1.01. The molecule has 0 unspecified atom stereocenters. The second kappa shape index (κ2) is 9.83. The van der Waals surface area contributed by atoms with Gasteiger partial charge < -0.3 is 0 Å². The summed E-state index contributed by atoms with van der Waals surface area (Å²) >= 11 is 3.40. The zero-order chi connectivity index (χ0) is 18.9. The number of nitrogens with one attached hydrogen (secondary N) is 1. The number of hydrogen-bond donors (Lipinski definition) is 1. The number of amides is 1. The van der Waals surface area contributed by atoms with Crippen LogP contribution in [0.3, 0.4) is 0 Å². The van der Waals surface area contributed by atoms with Gasteiger partial charge in [0.15, 0.2) is 0 Å². The molecule has 0 aliphatic heterocycles. The number of hydrazone groups is 1. The number of rotatable bonds is 7. The third-order valence-corrected chi connectivity index (χ3v) is 4.81. The van der Waals surface area contributed by atoms with E-state index >= 15 is 0 Å². The predicted octanol–water partition coefficient (Wildman–Crippen LogP) is 5.00. The Morgan fingerprint density at radius 3 is 1.89 bits per heavy atom. The third-order valence-electron chi connectivity index (χ3n) is 4.28. The summed E-state index contributed by atoms with van der Waals surface area (Å²) in [5.74, 6) is -0.257. The molecular formula is C23H21BrN2O. The highest BCUT2D eigenvalue weighted by molar-refractivity contribution is 9.10. The number of benzene rings is 3. The third kappa shape index (κ3) is 6.19. The normalized spacial score (nSPS) is 11.0. The van der Waals surface area contributed by atoms with Gasteiger partial charge in [0.2, 0.25) is 5.91 Å². The summed E-state index contributed by atoms with van der Waals surface area (Å²) in [7, 11) is 0. The first-order chi connectivity index (χ1) is 13.2.